The molecule has 9 nitrogen and oxygen atoms in total. The maximum atomic E-state index is 11.9. The summed E-state index contributed by atoms with van der Waals surface area (Å²) in [5.41, 5.74) is 6.42. The van der Waals surface area contributed by atoms with Crippen LogP contribution in [0.15, 0.2) is 53.5 Å². The fourth-order valence-corrected chi connectivity index (χ4v) is 2.76. The highest BCUT2D eigenvalue weighted by molar-refractivity contribution is 5.96. The summed E-state index contributed by atoms with van der Waals surface area (Å²) in [4.78, 5) is 27.3. The van der Waals surface area contributed by atoms with Gasteiger partial charge in [-0.15, -0.1) is 0 Å². The van der Waals surface area contributed by atoms with Crippen LogP contribution in [0.2, 0.25) is 0 Å². The van der Waals surface area contributed by atoms with Crippen molar-refractivity contribution < 1.29 is 19.1 Å². The maximum absolute atomic E-state index is 11.9. The van der Waals surface area contributed by atoms with Gasteiger partial charge >= 0.3 is 0 Å². The molecule has 0 fully saturated rings. The van der Waals surface area contributed by atoms with Crippen LogP contribution in [0, 0.1) is 0 Å². The van der Waals surface area contributed by atoms with Gasteiger partial charge in [-0.25, -0.2) is 4.99 Å². The van der Waals surface area contributed by atoms with E-state index in [9.17, 15) is 9.59 Å². The Morgan fingerprint density at radius 1 is 1.03 bits per heavy atom. The normalized spacial score (nSPS) is 11.9. The van der Waals surface area contributed by atoms with Crippen LogP contribution in [0.3, 0.4) is 0 Å². The Morgan fingerprint density at radius 3 is 2.34 bits per heavy atom. The van der Waals surface area contributed by atoms with E-state index in [0.29, 0.717) is 42.7 Å². The van der Waals surface area contributed by atoms with Crippen LogP contribution < -0.4 is 31.2 Å². The number of benzene rings is 2. The molecule has 2 amide bonds. The summed E-state index contributed by atoms with van der Waals surface area (Å²) >= 11 is 0. The SMILES string of the molecule is CCNC(=NCc1ccc(C(=O)NCC(N)=O)cc1)NCC(C)Oc1ccccc1OC. The lowest BCUT2D eigenvalue weighted by atomic mass is 10.1. The summed E-state index contributed by atoms with van der Waals surface area (Å²) in [5, 5.41) is 8.93. The van der Waals surface area contributed by atoms with Crippen LogP contribution in [0.5, 0.6) is 11.5 Å². The molecule has 32 heavy (non-hydrogen) atoms. The number of aliphatic imine (C=N–C) groups is 1. The fraction of sp³-hybridized carbons (Fsp3) is 0.348. The number of methoxy groups -OCH3 is 1. The van der Waals surface area contributed by atoms with Gasteiger partial charge in [0.2, 0.25) is 5.91 Å². The maximum Gasteiger partial charge on any atom is 0.251 e. The lowest BCUT2D eigenvalue weighted by Gasteiger charge is -2.19. The minimum Gasteiger partial charge on any atom is -0.493 e. The van der Waals surface area contributed by atoms with Crippen molar-refractivity contribution in [3.8, 4) is 11.5 Å². The zero-order chi connectivity index (χ0) is 23.3. The zero-order valence-corrected chi connectivity index (χ0v) is 18.7. The van der Waals surface area contributed by atoms with Crippen LogP contribution in [-0.4, -0.2) is 50.6 Å². The van der Waals surface area contributed by atoms with Gasteiger partial charge in [-0.3, -0.25) is 9.59 Å². The number of nitrogens with one attached hydrogen (secondary N) is 3. The number of amides is 2. The Labute approximate surface area is 188 Å². The summed E-state index contributed by atoms with van der Waals surface area (Å²) in [5.74, 6) is 1.09. The Morgan fingerprint density at radius 2 is 1.72 bits per heavy atom. The van der Waals surface area contributed by atoms with E-state index in [1.807, 2.05) is 50.2 Å². The van der Waals surface area contributed by atoms with Gasteiger partial charge < -0.3 is 31.2 Å². The van der Waals surface area contributed by atoms with Crippen molar-refractivity contribution >= 4 is 17.8 Å². The molecule has 0 spiro atoms. The average molecular weight is 442 g/mol. The first kappa shape index (κ1) is 24.5. The Kier molecular flexibility index (Phi) is 9.83. The molecule has 2 rings (SSSR count). The number of hydrogen-bond acceptors (Lipinski definition) is 5. The minimum atomic E-state index is -0.588. The summed E-state index contributed by atoms with van der Waals surface area (Å²) in [6, 6.07) is 14.5. The Hall–Kier alpha value is -3.75. The van der Waals surface area contributed by atoms with E-state index < -0.39 is 5.91 Å². The highest BCUT2D eigenvalue weighted by Gasteiger charge is 2.10. The lowest BCUT2D eigenvalue weighted by molar-refractivity contribution is -0.117. The van der Waals surface area contributed by atoms with E-state index in [1.165, 1.54) is 0 Å². The Balaban J connectivity index is 1.90. The average Bonchev–Trinajstić information content (AvgIpc) is 2.80. The lowest BCUT2D eigenvalue weighted by Crippen LogP contribution is -2.41. The summed E-state index contributed by atoms with van der Waals surface area (Å²) < 4.78 is 11.3. The molecule has 2 aromatic rings. The molecule has 0 saturated heterocycles. The van der Waals surface area contributed by atoms with Gasteiger partial charge in [0.25, 0.3) is 5.91 Å². The van der Waals surface area contributed by atoms with E-state index in [4.69, 9.17) is 15.2 Å². The number of nitrogens with two attached hydrogens (primary N) is 1. The monoisotopic (exact) mass is 441 g/mol. The molecule has 9 heteroatoms. The van der Waals surface area contributed by atoms with Crippen molar-refractivity contribution in [1.82, 2.24) is 16.0 Å². The first-order valence-electron chi connectivity index (χ1n) is 10.4. The van der Waals surface area contributed by atoms with Crippen molar-refractivity contribution in [3.63, 3.8) is 0 Å². The third kappa shape index (κ3) is 8.17. The quantitative estimate of drug-likeness (QED) is 0.309. The third-order valence-electron chi connectivity index (χ3n) is 4.36. The van der Waals surface area contributed by atoms with Gasteiger partial charge in [0.1, 0.15) is 6.10 Å². The van der Waals surface area contributed by atoms with Crippen LogP contribution >= 0.6 is 0 Å². The van der Waals surface area contributed by atoms with Crippen LogP contribution in [0.25, 0.3) is 0 Å². The highest BCUT2D eigenvalue weighted by Crippen LogP contribution is 2.26. The number of hydrogen-bond donors (Lipinski definition) is 4. The molecule has 0 heterocycles. The standard InChI is InChI=1S/C23H31N5O4/c1-4-25-23(27-13-16(2)32-20-8-6-5-7-19(20)31-3)28-14-17-9-11-18(12-10-17)22(30)26-15-21(24)29/h5-12,16H,4,13-15H2,1-3H3,(H2,24,29)(H,26,30)(H2,25,27,28). The van der Waals surface area contributed by atoms with Crippen molar-refractivity contribution in [2.45, 2.75) is 26.5 Å². The molecule has 2 aromatic carbocycles. The molecule has 1 unspecified atom stereocenters. The third-order valence-corrected chi connectivity index (χ3v) is 4.36. The number of nitrogens with zero attached hydrogens (tertiary/aromatic N) is 1. The van der Waals surface area contributed by atoms with E-state index in [1.54, 1.807) is 19.2 Å². The first-order chi connectivity index (χ1) is 15.4. The summed E-state index contributed by atoms with van der Waals surface area (Å²) in [7, 11) is 1.61. The summed E-state index contributed by atoms with van der Waals surface area (Å²) in [6.07, 6.45) is -0.117. The predicted molar refractivity (Wildman–Crippen MR) is 124 cm³/mol. The second kappa shape index (κ2) is 12.8. The molecule has 0 radical (unpaired) electrons. The molecule has 0 saturated carbocycles. The largest absolute Gasteiger partial charge is 0.493 e. The molecule has 0 aromatic heterocycles. The van der Waals surface area contributed by atoms with E-state index in [2.05, 4.69) is 20.9 Å². The van der Waals surface area contributed by atoms with Crippen molar-refractivity contribution in [3.05, 3.63) is 59.7 Å². The predicted octanol–water partition coefficient (Wildman–Crippen LogP) is 1.43. The van der Waals surface area contributed by atoms with Crippen molar-refractivity contribution in [1.29, 1.82) is 0 Å². The minimum absolute atomic E-state index is 0.117. The molecular weight excluding hydrogens is 410 g/mol. The van der Waals surface area contributed by atoms with Crippen molar-refractivity contribution in [2.24, 2.45) is 10.7 Å². The summed E-state index contributed by atoms with van der Waals surface area (Å²) in [6.45, 7) is 5.45. The second-order valence-corrected chi connectivity index (χ2v) is 7.00. The van der Waals surface area contributed by atoms with Crippen molar-refractivity contribution in [2.75, 3.05) is 26.7 Å². The van der Waals surface area contributed by atoms with Gasteiger partial charge in [0.05, 0.1) is 26.7 Å². The van der Waals surface area contributed by atoms with E-state index >= 15 is 0 Å². The molecule has 0 aliphatic rings. The first-order valence-corrected chi connectivity index (χ1v) is 10.4. The second-order valence-electron chi connectivity index (χ2n) is 7.00. The fourth-order valence-electron chi connectivity index (χ4n) is 2.76. The van der Waals surface area contributed by atoms with E-state index in [-0.39, 0.29) is 18.6 Å². The molecule has 172 valence electrons. The van der Waals surface area contributed by atoms with Crippen LogP contribution in [0.4, 0.5) is 0 Å². The number of carbonyl (C=O) groups is 2. The van der Waals surface area contributed by atoms with E-state index in [0.717, 1.165) is 5.56 Å². The van der Waals surface area contributed by atoms with Gasteiger partial charge in [-0.05, 0) is 43.7 Å². The molecule has 0 aliphatic carbocycles. The number of primary amides is 1. The molecule has 5 N–H and O–H groups in total. The molecule has 1 atom stereocenters. The number of carbonyl (C=O) groups excluding carboxylic acids is 2. The zero-order valence-electron chi connectivity index (χ0n) is 18.7. The van der Waals surface area contributed by atoms with Gasteiger partial charge in [-0.2, -0.15) is 0 Å². The number of guanidine groups is 1. The highest BCUT2D eigenvalue weighted by atomic mass is 16.5. The number of para-hydroxylation sites is 2. The topological polar surface area (TPSA) is 127 Å². The number of rotatable bonds is 11. The Bertz CT molecular complexity index is 915. The van der Waals surface area contributed by atoms with Gasteiger partial charge in [0, 0.05) is 12.1 Å². The van der Waals surface area contributed by atoms with Gasteiger partial charge in [0.15, 0.2) is 17.5 Å². The molecule has 0 aliphatic heterocycles. The van der Waals surface area contributed by atoms with Crippen LogP contribution in [-0.2, 0) is 11.3 Å². The van der Waals surface area contributed by atoms with Crippen LogP contribution in [0.1, 0.15) is 29.8 Å². The molecular formula is C23H31N5O4. The van der Waals surface area contributed by atoms with Gasteiger partial charge in [-0.1, -0.05) is 24.3 Å². The smallest absolute Gasteiger partial charge is 0.251 e. The number of ether oxygens (including phenoxy) is 2. The molecule has 0 bridgehead atoms.